The van der Waals surface area contributed by atoms with Crippen molar-refractivity contribution in [3.63, 3.8) is 0 Å². The molecule has 2 aromatic rings. The molecule has 0 unspecified atom stereocenters. The molecule has 0 saturated heterocycles. The monoisotopic (exact) mass is 365 g/mol. The second-order valence-corrected chi connectivity index (χ2v) is 7.81. The lowest BCUT2D eigenvalue weighted by molar-refractivity contribution is -0.126. The molecule has 1 aliphatic carbocycles. The molecule has 2 aromatic heterocycles. The third-order valence-corrected chi connectivity index (χ3v) is 5.51. The van der Waals surface area contributed by atoms with E-state index in [1.54, 1.807) is 10.9 Å². The number of aryl methyl sites for hydroxylation is 1. The molecule has 2 heterocycles. The maximum Gasteiger partial charge on any atom is 0.270 e. The Morgan fingerprint density at radius 1 is 1.25 bits per heavy atom. The first kappa shape index (κ1) is 17.0. The van der Waals surface area contributed by atoms with Crippen LogP contribution in [0.4, 0.5) is 0 Å². The molecule has 0 atom stereocenters. The Morgan fingerprint density at radius 3 is 2.67 bits per heavy atom. The van der Waals surface area contributed by atoms with Crippen LogP contribution in [0, 0.1) is 12.8 Å². The molecule has 2 amide bonds. The van der Waals surface area contributed by atoms with Crippen LogP contribution in [0.5, 0.6) is 0 Å². The summed E-state index contributed by atoms with van der Waals surface area (Å²) in [6.45, 7) is 2.33. The molecule has 0 aliphatic heterocycles. The number of hydrogen-bond donors (Lipinski definition) is 2. The van der Waals surface area contributed by atoms with E-state index in [1.165, 1.54) is 22.7 Å². The molecule has 2 N–H and O–H groups in total. The van der Waals surface area contributed by atoms with Gasteiger partial charge in [0.2, 0.25) is 5.91 Å². The molecule has 0 aromatic carbocycles. The van der Waals surface area contributed by atoms with E-state index in [0.717, 1.165) is 35.7 Å². The molecule has 24 heavy (non-hydrogen) atoms. The van der Waals surface area contributed by atoms with E-state index in [4.69, 9.17) is 0 Å². The van der Waals surface area contributed by atoms with Crippen LogP contribution in [0.1, 0.15) is 46.2 Å². The number of carbonyl (C=O) groups excluding carboxylic acids is 2. The minimum atomic E-state index is -0.129. The number of thiazole rings is 1. The number of rotatable bonds is 5. The first-order chi connectivity index (χ1) is 11.6. The van der Waals surface area contributed by atoms with Gasteiger partial charge < -0.3 is 10.6 Å². The largest absolute Gasteiger partial charge is 0.349 e. The maximum absolute atomic E-state index is 12.2. The van der Waals surface area contributed by atoms with E-state index in [-0.39, 0.29) is 23.8 Å². The van der Waals surface area contributed by atoms with Crippen molar-refractivity contribution in [2.45, 2.75) is 45.2 Å². The van der Waals surface area contributed by atoms with Crippen molar-refractivity contribution in [3.05, 3.63) is 26.6 Å². The SMILES string of the molecule is Cc1nnc(CNC(=O)C2CCC(NC(=O)c3cscn3)CC2)s1. The van der Waals surface area contributed by atoms with Crippen molar-refractivity contribution < 1.29 is 9.59 Å². The zero-order chi connectivity index (χ0) is 16.9. The molecular weight excluding hydrogens is 346 g/mol. The molecule has 7 nitrogen and oxygen atoms in total. The Labute approximate surface area is 147 Å². The summed E-state index contributed by atoms with van der Waals surface area (Å²) in [6, 6.07) is 0.120. The number of nitrogens with zero attached hydrogens (tertiary/aromatic N) is 3. The Kier molecular flexibility index (Phi) is 5.52. The molecule has 0 spiro atoms. The van der Waals surface area contributed by atoms with Gasteiger partial charge in [0.25, 0.3) is 5.91 Å². The summed E-state index contributed by atoms with van der Waals surface area (Å²) in [6.07, 6.45) is 3.18. The third-order valence-electron chi connectivity index (χ3n) is 4.08. The van der Waals surface area contributed by atoms with E-state index < -0.39 is 0 Å². The fourth-order valence-electron chi connectivity index (χ4n) is 2.80. The number of aromatic nitrogens is 3. The summed E-state index contributed by atoms with van der Waals surface area (Å²) in [5, 5.41) is 17.3. The quantitative estimate of drug-likeness (QED) is 0.844. The van der Waals surface area contributed by atoms with Gasteiger partial charge in [-0.3, -0.25) is 9.59 Å². The third kappa shape index (κ3) is 4.35. The minimum absolute atomic E-state index is 0.00597. The summed E-state index contributed by atoms with van der Waals surface area (Å²) >= 11 is 2.90. The minimum Gasteiger partial charge on any atom is -0.349 e. The Morgan fingerprint density at radius 2 is 2.04 bits per heavy atom. The van der Waals surface area contributed by atoms with Crippen LogP contribution in [0.3, 0.4) is 0 Å². The van der Waals surface area contributed by atoms with E-state index >= 15 is 0 Å². The van der Waals surface area contributed by atoms with Crippen LogP contribution < -0.4 is 10.6 Å². The second-order valence-electron chi connectivity index (χ2n) is 5.83. The van der Waals surface area contributed by atoms with Gasteiger partial charge in [-0.1, -0.05) is 11.3 Å². The molecule has 1 aliphatic rings. The van der Waals surface area contributed by atoms with Gasteiger partial charge >= 0.3 is 0 Å². The summed E-state index contributed by atoms with van der Waals surface area (Å²) < 4.78 is 0. The van der Waals surface area contributed by atoms with E-state index in [1.807, 2.05) is 6.92 Å². The highest BCUT2D eigenvalue weighted by Crippen LogP contribution is 2.25. The van der Waals surface area contributed by atoms with Gasteiger partial charge in [0.15, 0.2) is 0 Å². The van der Waals surface area contributed by atoms with Crippen LogP contribution in [-0.4, -0.2) is 33.0 Å². The average molecular weight is 365 g/mol. The molecular formula is C15H19N5O2S2. The highest BCUT2D eigenvalue weighted by molar-refractivity contribution is 7.11. The summed E-state index contributed by atoms with van der Waals surface area (Å²) in [5.41, 5.74) is 2.11. The predicted octanol–water partition coefficient (Wildman–Crippen LogP) is 1.91. The molecule has 9 heteroatoms. The lowest BCUT2D eigenvalue weighted by atomic mass is 9.85. The van der Waals surface area contributed by atoms with E-state index in [0.29, 0.717) is 12.2 Å². The van der Waals surface area contributed by atoms with Crippen molar-refractivity contribution in [1.29, 1.82) is 0 Å². The van der Waals surface area contributed by atoms with Crippen LogP contribution >= 0.6 is 22.7 Å². The zero-order valence-electron chi connectivity index (χ0n) is 13.3. The topological polar surface area (TPSA) is 96.9 Å². The smallest absolute Gasteiger partial charge is 0.270 e. The first-order valence-corrected chi connectivity index (χ1v) is 9.63. The van der Waals surface area contributed by atoms with Gasteiger partial charge in [-0.25, -0.2) is 4.98 Å². The lowest BCUT2D eigenvalue weighted by Gasteiger charge is -2.28. The van der Waals surface area contributed by atoms with Crippen LogP contribution in [0.15, 0.2) is 10.9 Å². The summed E-state index contributed by atoms with van der Waals surface area (Å²) in [7, 11) is 0. The van der Waals surface area contributed by atoms with Crippen molar-refractivity contribution in [3.8, 4) is 0 Å². The number of hydrogen-bond acceptors (Lipinski definition) is 7. The fraction of sp³-hybridized carbons (Fsp3) is 0.533. The number of amides is 2. The average Bonchev–Trinajstić information content (AvgIpc) is 3.25. The van der Waals surface area contributed by atoms with Gasteiger partial charge in [-0.05, 0) is 32.6 Å². The van der Waals surface area contributed by atoms with Gasteiger partial charge in [-0.15, -0.1) is 21.5 Å². The molecule has 3 rings (SSSR count). The Balaban J connectivity index is 1.41. The van der Waals surface area contributed by atoms with E-state index in [9.17, 15) is 9.59 Å². The highest BCUT2D eigenvalue weighted by atomic mass is 32.1. The molecule has 128 valence electrons. The normalized spacial score (nSPS) is 20.5. The van der Waals surface area contributed by atoms with Crippen LogP contribution in [0.25, 0.3) is 0 Å². The fourth-order valence-corrected chi connectivity index (χ4v) is 3.98. The van der Waals surface area contributed by atoms with Crippen LogP contribution in [0.2, 0.25) is 0 Å². The summed E-state index contributed by atoms with van der Waals surface area (Å²) in [4.78, 5) is 28.2. The molecule has 0 bridgehead atoms. The predicted molar refractivity (Wildman–Crippen MR) is 91.8 cm³/mol. The lowest BCUT2D eigenvalue weighted by Crippen LogP contribution is -2.40. The van der Waals surface area contributed by atoms with Crippen molar-refractivity contribution in [2.24, 2.45) is 5.92 Å². The zero-order valence-corrected chi connectivity index (χ0v) is 15.0. The molecule has 0 radical (unpaired) electrons. The van der Waals surface area contributed by atoms with Crippen LogP contribution in [-0.2, 0) is 11.3 Å². The van der Waals surface area contributed by atoms with Gasteiger partial charge in [0, 0.05) is 17.3 Å². The second kappa shape index (κ2) is 7.80. The molecule has 1 saturated carbocycles. The van der Waals surface area contributed by atoms with Crippen molar-refractivity contribution in [2.75, 3.05) is 0 Å². The standard InChI is InChI=1S/C15H19N5O2S2/c1-9-19-20-13(24-9)6-16-14(21)10-2-4-11(5-3-10)18-15(22)12-7-23-8-17-12/h7-8,10-11H,2-6H2,1H3,(H,16,21)(H,18,22). The Bertz CT molecular complexity index is 693. The van der Waals surface area contributed by atoms with Gasteiger partial charge in [0.1, 0.15) is 15.7 Å². The highest BCUT2D eigenvalue weighted by Gasteiger charge is 2.27. The first-order valence-electron chi connectivity index (χ1n) is 7.87. The Hall–Kier alpha value is -1.87. The molecule has 1 fully saturated rings. The van der Waals surface area contributed by atoms with E-state index in [2.05, 4.69) is 25.8 Å². The van der Waals surface area contributed by atoms with Crippen molar-refractivity contribution in [1.82, 2.24) is 25.8 Å². The number of carbonyl (C=O) groups is 2. The van der Waals surface area contributed by atoms with Gasteiger partial charge in [0.05, 0.1) is 12.1 Å². The van der Waals surface area contributed by atoms with Crippen molar-refractivity contribution >= 4 is 34.5 Å². The maximum atomic E-state index is 12.2. The van der Waals surface area contributed by atoms with Gasteiger partial charge in [-0.2, -0.15) is 0 Å². The number of nitrogens with one attached hydrogen (secondary N) is 2. The summed E-state index contributed by atoms with van der Waals surface area (Å²) in [5.74, 6) is -0.0608.